The smallest absolute Gasteiger partial charge is 0.410 e. The molecule has 1 aromatic heterocycles. The van der Waals surface area contributed by atoms with E-state index < -0.39 is 29.5 Å². The summed E-state index contributed by atoms with van der Waals surface area (Å²) < 4.78 is 10.6. The van der Waals surface area contributed by atoms with Crippen LogP contribution in [0.3, 0.4) is 0 Å². The van der Waals surface area contributed by atoms with E-state index in [-0.39, 0.29) is 41.6 Å². The van der Waals surface area contributed by atoms with Crippen molar-refractivity contribution in [3.05, 3.63) is 53.2 Å². The van der Waals surface area contributed by atoms with Gasteiger partial charge in [0.15, 0.2) is 12.1 Å². The van der Waals surface area contributed by atoms with Gasteiger partial charge in [0.05, 0.1) is 17.0 Å². The molecule has 10 heteroatoms. The van der Waals surface area contributed by atoms with Gasteiger partial charge in [-0.15, -0.1) is 0 Å². The fraction of sp³-hybridized carbons (Fsp3) is 0.350. The summed E-state index contributed by atoms with van der Waals surface area (Å²) in [6, 6.07) is 6.17. The number of amides is 3. The van der Waals surface area contributed by atoms with Crippen molar-refractivity contribution >= 4 is 23.9 Å². The lowest BCUT2D eigenvalue weighted by molar-refractivity contribution is -0.0591. The Kier molecular flexibility index (Phi) is 4.56. The molecular formula is C20H19N3O7. The normalized spacial score (nSPS) is 16.4. The second kappa shape index (κ2) is 6.97. The first-order chi connectivity index (χ1) is 14.2. The van der Waals surface area contributed by atoms with Gasteiger partial charge in [0.1, 0.15) is 11.4 Å². The first-order valence-corrected chi connectivity index (χ1v) is 9.27. The summed E-state index contributed by atoms with van der Waals surface area (Å²) in [6.07, 6.45) is 0.609. The molecule has 0 bridgehead atoms. The second-order valence-electron chi connectivity index (χ2n) is 7.98. The van der Waals surface area contributed by atoms with E-state index in [1.54, 1.807) is 32.9 Å². The molecule has 3 amide bonds. The summed E-state index contributed by atoms with van der Waals surface area (Å²) in [4.78, 5) is 59.7. The Hall–Kier alpha value is -3.69. The van der Waals surface area contributed by atoms with Gasteiger partial charge in [0.25, 0.3) is 11.8 Å². The highest BCUT2D eigenvalue weighted by atomic mass is 16.7. The van der Waals surface area contributed by atoms with Crippen molar-refractivity contribution in [3.63, 3.8) is 0 Å². The molecule has 0 N–H and O–H groups in total. The Morgan fingerprint density at radius 1 is 1.10 bits per heavy atom. The molecule has 2 aliphatic heterocycles. The molecule has 3 heterocycles. The van der Waals surface area contributed by atoms with Crippen molar-refractivity contribution in [1.29, 1.82) is 0 Å². The maximum Gasteiger partial charge on any atom is 0.410 e. The Morgan fingerprint density at radius 3 is 2.27 bits per heavy atom. The van der Waals surface area contributed by atoms with Crippen LogP contribution in [0.5, 0.6) is 0 Å². The van der Waals surface area contributed by atoms with Crippen LogP contribution < -0.4 is 0 Å². The van der Waals surface area contributed by atoms with Crippen LogP contribution in [0, 0.1) is 0 Å². The van der Waals surface area contributed by atoms with Crippen LogP contribution in [0.15, 0.2) is 35.1 Å². The van der Waals surface area contributed by atoms with Gasteiger partial charge in [-0.2, -0.15) is 0 Å². The highest BCUT2D eigenvalue weighted by Gasteiger charge is 2.42. The largest absolute Gasteiger partial charge is 0.447 e. The first kappa shape index (κ1) is 19.6. The van der Waals surface area contributed by atoms with Crippen LogP contribution in [0.2, 0.25) is 0 Å². The average molecular weight is 413 g/mol. The molecule has 1 saturated heterocycles. The summed E-state index contributed by atoms with van der Waals surface area (Å²) in [5.41, 5.74) is -0.457. The first-order valence-electron chi connectivity index (χ1n) is 9.27. The number of likely N-dealkylation sites (tertiary alicyclic amines) is 1. The number of nitrogens with zero attached hydrogens (tertiary/aromatic N) is 3. The third-order valence-electron chi connectivity index (χ3n) is 4.62. The molecule has 0 spiro atoms. The Balaban J connectivity index is 1.42. The molecule has 156 valence electrons. The van der Waals surface area contributed by atoms with Crippen LogP contribution >= 0.6 is 0 Å². The van der Waals surface area contributed by atoms with Gasteiger partial charge in [0.2, 0.25) is 0 Å². The number of carbonyl (C=O) groups is 4. The van der Waals surface area contributed by atoms with Gasteiger partial charge in [0, 0.05) is 13.1 Å². The van der Waals surface area contributed by atoms with Crippen molar-refractivity contribution in [2.75, 3.05) is 13.1 Å². The molecule has 1 fully saturated rings. The third kappa shape index (κ3) is 3.40. The molecule has 1 aromatic carbocycles. The van der Waals surface area contributed by atoms with Crippen molar-refractivity contribution < 1.29 is 33.2 Å². The fourth-order valence-corrected chi connectivity index (χ4v) is 3.19. The number of carbonyl (C=O) groups excluding carboxylic acids is 4. The van der Waals surface area contributed by atoms with Gasteiger partial charge < -0.3 is 18.9 Å². The summed E-state index contributed by atoms with van der Waals surface area (Å²) in [5.74, 6) is -2.52. The van der Waals surface area contributed by atoms with Crippen molar-refractivity contribution in [3.8, 4) is 0 Å². The topological polar surface area (TPSA) is 119 Å². The molecule has 0 saturated carbocycles. The minimum atomic E-state index is -0.996. The molecule has 0 aliphatic carbocycles. The lowest BCUT2D eigenvalue weighted by Crippen LogP contribution is -2.50. The molecule has 0 unspecified atom stereocenters. The highest BCUT2D eigenvalue weighted by molar-refractivity contribution is 6.21. The van der Waals surface area contributed by atoms with Gasteiger partial charge in [-0.3, -0.25) is 9.59 Å². The molecular weight excluding hydrogens is 394 g/mol. The SMILES string of the molecule is CC(C)(C)OC(=O)N1CC(c2ocnc2C(=O)ON2C(=O)c3ccccc3C2=O)C1. The number of hydrogen-bond acceptors (Lipinski definition) is 8. The minimum Gasteiger partial charge on any atom is -0.447 e. The van der Waals surface area contributed by atoms with Gasteiger partial charge >= 0.3 is 12.1 Å². The monoisotopic (exact) mass is 413 g/mol. The van der Waals surface area contributed by atoms with Crippen LogP contribution in [0.1, 0.15) is 63.7 Å². The maximum atomic E-state index is 12.6. The maximum absolute atomic E-state index is 12.6. The van der Waals surface area contributed by atoms with Crippen LogP contribution in [0.25, 0.3) is 0 Å². The minimum absolute atomic E-state index is 0.152. The number of fused-ring (bicyclic) bond motifs is 1. The summed E-state index contributed by atoms with van der Waals surface area (Å²) in [7, 11) is 0. The van der Waals surface area contributed by atoms with Crippen LogP contribution in [0.4, 0.5) is 4.79 Å². The molecule has 0 radical (unpaired) electrons. The van der Waals surface area contributed by atoms with Crippen molar-refractivity contribution in [2.45, 2.75) is 32.3 Å². The number of benzene rings is 1. The standard InChI is InChI=1S/C20H19N3O7/c1-20(2,3)29-19(27)22-8-11(9-22)15-14(21-10-28-15)18(26)30-23-16(24)12-6-4-5-7-13(12)17(23)25/h4-7,10-11H,8-9H2,1-3H3. The molecule has 2 aliphatic rings. The van der Waals surface area contributed by atoms with Gasteiger partial charge in [-0.05, 0) is 32.9 Å². The van der Waals surface area contributed by atoms with E-state index in [4.69, 9.17) is 14.0 Å². The average Bonchev–Trinajstić information content (AvgIpc) is 3.19. The van der Waals surface area contributed by atoms with E-state index in [1.807, 2.05) is 0 Å². The summed E-state index contributed by atoms with van der Waals surface area (Å²) in [6.45, 7) is 5.86. The summed E-state index contributed by atoms with van der Waals surface area (Å²) in [5, 5.41) is 0.416. The number of aromatic nitrogens is 1. The Morgan fingerprint density at radius 2 is 1.70 bits per heavy atom. The predicted molar refractivity (Wildman–Crippen MR) is 99.4 cm³/mol. The van der Waals surface area contributed by atoms with E-state index in [2.05, 4.69) is 4.98 Å². The highest BCUT2D eigenvalue weighted by Crippen LogP contribution is 2.31. The van der Waals surface area contributed by atoms with E-state index in [9.17, 15) is 19.2 Å². The van der Waals surface area contributed by atoms with E-state index >= 15 is 0 Å². The number of oxazole rings is 1. The predicted octanol–water partition coefficient (Wildman–Crippen LogP) is 2.38. The van der Waals surface area contributed by atoms with Gasteiger partial charge in [-0.25, -0.2) is 14.6 Å². The second-order valence-corrected chi connectivity index (χ2v) is 7.98. The number of hydroxylamine groups is 2. The lowest BCUT2D eigenvalue weighted by atomic mass is 9.96. The van der Waals surface area contributed by atoms with Gasteiger partial charge in [-0.1, -0.05) is 17.2 Å². The van der Waals surface area contributed by atoms with Crippen LogP contribution in [-0.4, -0.2) is 57.5 Å². The zero-order chi connectivity index (χ0) is 21.6. The fourth-order valence-electron chi connectivity index (χ4n) is 3.19. The zero-order valence-corrected chi connectivity index (χ0v) is 16.6. The Bertz CT molecular complexity index is 1010. The number of rotatable bonds is 3. The van der Waals surface area contributed by atoms with Crippen LogP contribution in [-0.2, 0) is 9.57 Å². The van der Waals surface area contributed by atoms with Crippen molar-refractivity contribution in [1.82, 2.24) is 14.9 Å². The zero-order valence-electron chi connectivity index (χ0n) is 16.6. The number of hydrogen-bond donors (Lipinski definition) is 0. The number of ether oxygens (including phenoxy) is 1. The Labute approximate surface area is 171 Å². The quantitative estimate of drug-likeness (QED) is 0.704. The molecule has 0 atom stereocenters. The lowest BCUT2D eigenvalue weighted by Gasteiger charge is -2.38. The number of imide groups is 1. The van der Waals surface area contributed by atoms with E-state index in [0.717, 1.165) is 6.39 Å². The molecule has 10 nitrogen and oxygen atoms in total. The van der Waals surface area contributed by atoms with E-state index in [1.165, 1.54) is 17.0 Å². The third-order valence-corrected chi connectivity index (χ3v) is 4.62. The molecule has 4 rings (SSSR count). The summed E-state index contributed by atoms with van der Waals surface area (Å²) >= 11 is 0. The van der Waals surface area contributed by atoms with Crippen molar-refractivity contribution in [2.24, 2.45) is 0 Å². The molecule has 30 heavy (non-hydrogen) atoms. The van der Waals surface area contributed by atoms with E-state index in [0.29, 0.717) is 5.06 Å². The molecule has 2 aromatic rings.